The van der Waals surface area contributed by atoms with Gasteiger partial charge in [0.2, 0.25) is 11.8 Å². The van der Waals surface area contributed by atoms with Crippen LogP contribution in [0.2, 0.25) is 0 Å². The summed E-state index contributed by atoms with van der Waals surface area (Å²) < 4.78 is 53.8. The van der Waals surface area contributed by atoms with Crippen molar-refractivity contribution in [1.82, 2.24) is 10.2 Å². The monoisotopic (exact) mass is 633 g/mol. The van der Waals surface area contributed by atoms with Crippen LogP contribution in [0.3, 0.4) is 0 Å². The van der Waals surface area contributed by atoms with Crippen molar-refractivity contribution in [2.75, 3.05) is 31.6 Å². The number of ether oxygens (including phenoxy) is 2. The van der Waals surface area contributed by atoms with Gasteiger partial charge in [-0.3, -0.25) is 13.9 Å². The molecule has 4 aromatic rings. The number of halogens is 1. The zero-order valence-corrected chi connectivity index (χ0v) is 26.2. The number of nitrogens with zero attached hydrogens (tertiary/aromatic N) is 2. The first-order valence-electron chi connectivity index (χ1n) is 14.3. The summed E-state index contributed by atoms with van der Waals surface area (Å²) in [6.45, 7) is 1.54. The predicted octanol–water partition coefficient (Wildman–Crippen LogP) is 4.81. The average molecular weight is 634 g/mol. The number of anilines is 1. The van der Waals surface area contributed by atoms with Gasteiger partial charge in [-0.1, -0.05) is 42.5 Å². The number of carbonyl (C=O) groups is 2. The molecule has 0 radical (unpaired) electrons. The van der Waals surface area contributed by atoms with Crippen molar-refractivity contribution in [1.29, 1.82) is 0 Å². The van der Waals surface area contributed by atoms with E-state index in [9.17, 15) is 22.4 Å². The molecule has 2 amide bonds. The Morgan fingerprint density at radius 3 is 2.16 bits per heavy atom. The van der Waals surface area contributed by atoms with Gasteiger partial charge in [0.25, 0.3) is 10.0 Å². The largest absolute Gasteiger partial charge is 0.497 e. The third kappa shape index (κ3) is 8.39. The lowest BCUT2D eigenvalue weighted by molar-refractivity contribution is -0.139. The SMILES string of the molecule is CCOc1ccc(S(=O)(=O)N(CC(=O)N(Cc2cccc(OC)c2)C(Cc2ccccc2)C(=O)NC)c2ccc(F)cc2)cc1. The maximum Gasteiger partial charge on any atom is 0.264 e. The molecule has 0 aromatic heterocycles. The molecule has 45 heavy (non-hydrogen) atoms. The Labute approximate surface area is 263 Å². The van der Waals surface area contributed by atoms with Gasteiger partial charge in [0.05, 0.1) is 24.3 Å². The maximum atomic E-state index is 14.3. The summed E-state index contributed by atoms with van der Waals surface area (Å²) in [5.74, 6) is -0.574. The molecule has 1 unspecified atom stereocenters. The summed E-state index contributed by atoms with van der Waals surface area (Å²) in [7, 11) is -1.33. The van der Waals surface area contributed by atoms with Crippen LogP contribution in [-0.4, -0.2) is 58.5 Å². The molecular formula is C34H36FN3O6S. The molecule has 0 fully saturated rings. The van der Waals surface area contributed by atoms with E-state index in [4.69, 9.17) is 9.47 Å². The molecular weight excluding hydrogens is 597 g/mol. The highest BCUT2D eigenvalue weighted by Gasteiger charge is 2.34. The van der Waals surface area contributed by atoms with E-state index in [0.717, 1.165) is 22.0 Å². The highest BCUT2D eigenvalue weighted by atomic mass is 32.2. The van der Waals surface area contributed by atoms with E-state index in [1.165, 1.54) is 55.5 Å². The number of rotatable bonds is 14. The van der Waals surface area contributed by atoms with Gasteiger partial charge in [-0.15, -0.1) is 0 Å². The number of likely N-dealkylation sites (N-methyl/N-ethyl adjacent to an activating group) is 1. The van der Waals surface area contributed by atoms with E-state index < -0.39 is 40.2 Å². The van der Waals surface area contributed by atoms with Gasteiger partial charge < -0.3 is 19.7 Å². The molecule has 4 rings (SSSR count). The number of hydrogen-bond acceptors (Lipinski definition) is 6. The number of carbonyl (C=O) groups excluding carboxylic acids is 2. The first kappa shape index (κ1) is 33.0. The van der Waals surface area contributed by atoms with Crippen molar-refractivity contribution in [3.05, 3.63) is 120 Å². The van der Waals surface area contributed by atoms with Gasteiger partial charge in [-0.25, -0.2) is 12.8 Å². The van der Waals surface area contributed by atoms with Crippen LogP contribution < -0.4 is 19.1 Å². The van der Waals surface area contributed by atoms with Crippen LogP contribution in [0.25, 0.3) is 0 Å². The van der Waals surface area contributed by atoms with Crippen molar-refractivity contribution in [3.63, 3.8) is 0 Å². The molecule has 236 valence electrons. The Hall–Kier alpha value is -4.90. The summed E-state index contributed by atoms with van der Waals surface area (Å²) in [5, 5.41) is 2.65. The number of nitrogens with one attached hydrogen (secondary N) is 1. The molecule has 1 N–H and O–H groups in total. The van der Waals surface area contributed by atoms with E-state index in [1.54, 1.807) is 24.3 Å². The van der Waals surface area contributed by atoms with Crippen LogP contribution in [0, 0.1) is 5.82 Å². The molecule has 0 saturated heterocycles. The lowest BCUT2D eigenvalue weighted by Crippen LogP contribution is -2.53. The second-order valence-electron chi connectivity index (χ2n) is 10.1. The molecule has 0 aliphatic carbocycles. The van der Waals surface area contributed by atoms with Crippen molar-refractivity contribution in [2.45, 2.75) is 30.8 Å². The van der Waals surface area contributed by atoms with Crippen molar-refractivity contribution in [2.24, 2.45) is 0 Å². The lowest BCUT2D eigenvalue weighted by atomic mass is 10.0. The minimum Gasteiger partial charge on any atom is -0.497 e. The Balaban J connectivity index is 1.78. The van der Waals surface area contributed by atoms with Crippen LogP contribution >= 0.6 is 0 Å². The van der Waals surface area contributed by atoms with E-state index in [2.05, 4.69) is 5.32 Å². The summed E-state index contributed by atoms with van der Waals surface area (Å²) in [5.41, 5.74) is 1.57. The van der Waals surface area contributed by atoms with Crippen LogP contribution in [0.5, 0.6) is 11.5 Å². The van der Waals surface area contributed by atoms with E-state index in [-0.39, 0.29) is 23.5 Å². The van der Waals surface area contributed by atoms with Gasteiger partial charge in [-0.05, 0) is 78.7 Å². The Morgan fingerprint density at radius 1 is 0.867 bits per heavy atom. The summed E-state index contributed by atoms with van der Waals surface area (Å²) in [4.78, 5) is 29.0. The average Bonchev–Trinajstić information content (AvgIpc) is 3.06. The number of amides is 2. The molecule has 0 aliphatic rings. The molecule has 0 heterocycles. The fraction of sp³-hybridized carbons (Fsp3) is 0.235. The number of sulfonamides is 1. The third-order valence-corrected chi connectivity index (χ3v) is 8.91. The quantitative estimate of drug-likeness (QED) is 0.214. The first-order chi connectivity index (χ1) is 21.7. The molecule has 9 nitrogen and oxygen atoms in total. The number of hydrogen-bond donors (Lipinski definition) is 1. The van der Waals surface area contributed by atoms with Crippen LogP contribution in [0.1, 0.15) is 18.1 Å². The van der Waals surface area contributed by atoms with Crippen molar-refractivity contribution >= 4 is 27.5 Å². The minimum absolute atomic E-state index is 0.0126. The molecule has 0 spiro atoms. The topological polar surface area (TPSA) is 105 Å². The predicted molar refractivity (Wildman–Crippen MR) is 170 cm³/mol. The summed E-state index contributed by atoms with van der Waals surface area (Å²) in [6.07, 6.45) is 0.179. The third-order valence-electron chi connectivity index (χ3n) is 7.12. The normalized spacial score (nSPS) is 11.7. The smallest absolute Gasteiger partial charge is 0.264 e. The Morgan fingerprint density at radius 2 is 1.53 bits per heavy atom. The van der Waals surface area contributed by atoms with Gasteiger partial charge >= 0.3 is 0 Å². The maximum absolute atomic E-state index is 14.3. The molecule has 0 bridgehead atoms. The van der Waals surface area contributed by atoms with Gasteiger partial charge in [0.15, 0.2) is 0 Å². The highest BCUT2D eigenvalue weighted by Crippen LogP contribution is 2.27. The van der Waals surface area contributed by atoms with E-state index in [0.29, 0.717) is 23.7 Å². The fourth-order valence-corrected chi connectivity index (χ4v) is 6.24. The second kappa shape index (κ2) is 15.2. The van der Waals surface area contributed by atoms with Gasteiger partial charge in [0.1, 0.15) is 29.9 Å². The molecule has 0 saturated carbocycles. The van der Waals surface area contributed by atoms with Gasteiger partial charge in [-0.2, -0.15) is 0 Å². The molecule has 11 heteroatoms. The second-order valence-corrected chi connectivity index (χ2v) is 11.9. The Kier molecular flexibility index (Phi) is 11.2. The van der Waals surface area contributed by atoms with Crippen LogP contribution in [-0.2, 0) is 32.6 Å². The van der Waals surface area contributed by atoms with Crippen molar-refractivity contribution < 1.29 is 31.9 Å². The van der Waals surface area contributed by atoms with E-state index in [1.807, 2.05) is 37.3 Å². The lowest BCUT2D eigenvalue weighted by Gasteiger charge is -2.33. The zero-order valence-electron chi connectivity index (χ0n) is 25.4. The molecule has 0 aliphatic heterocycles. The summed E-state index contributed by atoms with van der Waals surface area (Å²) in [6, 6.07) is 26.0. The standard InChI is InChI=1S/C34H36FN3O6S/c1-4-44-29-17-19-31(20-18-29)45(41,42)38(28-15-13-27(35)14-16-28)24-33(39)37(23-26-11-8-12-30(21-26)43-3)32(34(40)36-2)22-25-9-6-5-7-10-25/h5-21,32H,4,22-24H2,1-3H3,(H,36,40). The van der Waals surface area contributed by atoms with Crippen LogP contribution in [0.4, 0.5) is 10.1 Å². The number of methoxy groups -OCH3 is 1. The fourth-order valence-electron chi connectivity index (χ4n) is 4.83. The Bertz CT molecular complexity index is 1680. The molecule has 4 aromatic carbocycles. The van der Waals surface area contributed by atoms with Crippen LogP contribution in [0.15, 0.2) is 108 Å². The minimum atomic E-state index is -4.33. The van der Waals surface area contributed by atoms with E-state index >= 15 is 0 Å². The highest BCUT2D eigenvalue weighted by molar-refractivity contribution is 7.92. The zero-order chi connectivity index (χ0) is 32.4. The van der Waals surface area contributed by atoms with Crippen molar-refractivity contribution in [3.8, 4) is 11.5 Å². The van der Waals surface area contributed by atoms with Gasteiger partial charge in [0, 0.05) is 20.0 Å². The first-order valence-corrected chi connectivity index (χ1v) is 15.8. The summed E-state index contributed by atoms with van der Waals surface area (Å²) >= 11 is 0. The molecule has 1 atom stereocenters. The number of benzene rings is 4.